The summed E-state index contributed by atoms with van der Waals surface area (Å²) in [5.74, 6) is 0.278. The molecule has 27 heavy (non-hydrogen) atoms. The normalized spacial score (nSPS) is 17.7. The zero-order valence-corrected chi connectivity index (χ0v) is 17.0. The van der Waals surface area contributed by atoms with Crippen LogP contribution in [0.3, 0.4) is 0 Å². The Kier molecular flexibility index (Phi) is 5.60. The number of rotatable bonds is 5. The molecule has 3 aromatic rings. The second-order valence-electron chi connectivity index (χ2n) is 6.64. The van der Waals surface area contributed by atoms with E-state index >= 15 is 0 Å². The zero-order chi connectivity index (χ0) is 18.6. The summed E-state index contributed by atoms with van der Waals surface area (Å²) in [5, 5.41) is 5.27. The highest BCUT2D eigenvalue weighted by molar-refractivity contribution is 9.10. The number of hydrogen-bond donors (Lipinski definition) is 0. The summed E-state index contributed by atoms with van der Waals surface area (Å²) in [4.78, 5) is 9.90. The predicted octanol–water partition coefficient (Wildman–Crippen LogP) is 5.48. The third-order valence-corrected chi connectivity index (χ3v) is 5.78. The van der Waals surface area contributed by atoms with Crippen molar-refractivity contribution in [1.82, 2.24) is 9.55 Å². The van der Waals surface area contributed by atoms with E-state index in [0.717, 1.165) is 40.7 Å². The molecule has 0 spiro atoms. The second kappa shape index (κ2) is 8.28. The Balaban J connectivity index is 1.60. The van der Waals surface area contributed by atoms with E-state index in [2.05, 4.69) is 48.8 Å². The van der Waals surface area contributed by atoms with Crippen molar-refractivity contribution < 1.29 is 4.84 Å². The van der Waals surface area contributed by atoms with Gasteiger partial charge in [-0.1, -0.05) is 57.0 Å². The first-order chi connectivity index (χ1) is 13.2. The smallest absolute Gasteiger partial charge is 0.142 e. The van der Waals surface area contributed by atoms with Crippen LogP contribution in [-0.2, 0) is 24.4 Å². The molecule has 0 saturated heterocycles. The van der Waals surface area contributed by atoms with Crippen molar-refractivity contribution in [3.8, 4) is 0 Å². The van der Waals surface area contributed by atoms with Gasteiger partial charge in [0, 0.05) is 39.9 Å². The third-order valence-electron chi connectivity index (χ3n) is 4.80. The van der Waals surface area contributed by atoms with Crippen molar-refractivity contribution in [3.63, 3.8) is 0 Å². The molecule has 0 radical (unpaired) electrons. The molecule has 1 heterocycles. The van der Waals surface area contributed by atoms with Crippen molar-refractivity contribution in [2.75, 3.05) is 0 Å². The maximum atomic E-state index is 6.05. The fourth-order valence-electron chi connectivity index (χ4n) is 3.48. The number of fused-ring (bicyclic) bond motifs is 1. The van der Waals surface area contributed by atoms with Crippen LogP contribution in [0.4, 0.5) is 0 Å². The molecular weight excluding hydrogens is 426 g/mol. The van der Waals surface area contributed by atoms with Crippen molar-refractivity contribution in [2.24, 2.45) is 11.1 Å². The molecule has 1 atom stereocenters. The minimum Gasteiger partial charge on any atom is -0.391 e. The maximum absolute atomic E-state index is 6.05. The predicted molar refractivity (Wildman–Crippen MR) is 111 cm³/mol. The summed E-state index contributed by atoms with van der Waals surface area (Å²) in [6.45, 7) is 1.23. The molecule has 4 rings (SSSR count). The standard InChI is InChI=1S/C21H19BrClN3O/c22-20-6-2-5-19-18(20)8-7-16(12-26-10-9-24-14-26)21(19)25-27-13-15-3-1-4-17(23)11-15/h1-6,9-11,14,16H,7-8,12-13H2/b25-21+. The van der Waals surface area contributed by atoms with Gasteiger partial charge in [0.1, 0.15) is 6.61 Å². The topological polar surface area (TPSA) is 39.4 Å². The van der Waals surface area contributed by atoms with Gasteiger partial charge < -0.3 is 9.40 Å². The van der Waals surface area contributed by atoms with Gasteiger partial charge in [0.15, 0.2) is 0 Å². The third kappa shape index (κ3) is 4.25. The van der Waals surface area contributed by atoms with Crippen LogP contribution in [0.2, 0.25) is 5.02 Å². The molecule has 0 bridgehead atoms. The van der Waals surface area contributed by atoms with Gasteiger partial charge >= 0.3 is 0 Å². The average molecular weight is 445 g/mol. The number of hydrogen-bond acceptors (Lipinski definition) is 3. The number of halogens is 2. The highest BCUT2D eigenvalue weighted by Gasteiger charge is 2.27. The summed E-state index contributed by atoms with van der Waals surface area (Å²) in [7, 11) is 0. The fourth-order valence-corrected chi connectivity index (χ4v) is 4.26. The lowest BCUT2D eigenvalue weighted by atomic mass is 9.82. The molecule has 1 aromatic heterocycles. The van der Waals surface area contributed by atoms with Gasteiger partial charge in [-0.25, -0.2) is 4.98 Å². The lowest BCUT2D eigenvalue weighted by molar-refractivity contribution is 0.128. The molecule has 0 saturated carbocycles. The molecule has 138 valence electrons. The number of aromatic nitrogens is 2. The van der Waals surface area contributed by atoms with Gasteiger partial charge in [0.2, 0.25) is 0 Å². The van der Waals surface area contributed by atoms with Crippen LogP contribution in [0.25, 0.3) is 0 Å². The lowest BCUT2D eigenvalue weighted by Crippen LogP contribution is -2.27. The fraction of sp³-hybridized carbons (Fsp3) is 0.238. The first-order valence-electron chi connectivity index (χ1n) is 8.88. The zero-order valence-electron chi connectivity index (χ0n) is 14.7. The van der Waals surface area contributed by atoms with E-state index in [9.17, 15) is 0 Å². The molecule has 0 amide bonds. The van der Waals surface area contributed by atoms with Crippen LogP contribution in [0.1, 0.15) is 23.1 Å². The Morgan fingerprint density at radius 3 is 2.96 bits per heavy atom. The van der Waals surface area contributed by atoms with E-state index in [1.807, 2.05) is 36.8 Å². The molecule has 4 nitrogen and oxygen atoms in total. The molecule has 2 aromatic carbocycles. The van der Waals surface area contributed by atoms with Gasteiger partial charge in [-0.3, -0.25) is 0 Å². The highest BCUT2D eigenvalue weighted by Crippen LogP contribution is 2.32. The Bertz CT molecular complexity index is 956. The van der Waals surface area contributed by atoms with Crippen molar-refractivity contribution in [3.05, 3.63) is 87.4 Å². The van der Waals surface area contributed by atoms with Gasteiger partial charge in [0.05, 0.1) is 12.0 Å². The maximum Gasteiger partial charge on any atom is 0.142 e. The van der Waals surface area contributed by atoms with Crippen LogP contribution in [0, 0.1) is 5.92 Å². The van der Waals surface area contributed by atoms with Crippen LogP contribution in [0.15, 0.2) is 70.8 Å². The molecule has 1 aliphatic rings. The van der Waals surface area contributed by atoms with Crippen LogP contribution < -0.4 is 0 Å². The van der Waals surface area contributed by atoms with Crippen LogP contribution >= 0.6 is 27.5 Å². The van der Waals surface area contributed by atoms with Gasteiger partial charge in [0.25, 0.3) is 0 Å². The summed E-state index contributed by atoms with van der Waals surface area (Å²) in [6.07, 6.45) is 7.68. The largest absolute Gasteiger partial charge is 0.391 e. The summed E-state index contributed by atoms with van der Waals surface area (Å²) < 4.78 is 3.23. The molecule has 0 aliphatic heterocycles. The first kappa shape index (κ1) is 18.3. The molecule has 6 heteroatoms. The van der Waals surface area contributed by atoms with E-state index < -0.39 is 0 Å². The molecule has 0 fully saturated rings. The molecular formula is C21H19BrClN3O. The SMILES string of the molecule is Clc1cccc(CO/N=C2/c3cccc(Br)c3CCC2Cn2ccnc2)c1. The van der Waals surface area contributed by atoms with Crippen molar-refractivity contribution >= 4 is 33.2 Å². The van der Waals surface area contributed by atoms with E-state index in [1.54, 1.807) is 6.20 Å². The number of nitrogens with zero attached hydrogens (tertiary/aromatic N) is 3. The van der Waals surface area contributed by atoms with Gasteiger partial charge in [-0.15, -0.1) is 0 Å². The Morgan fingerprint density at radius 2 is 2.15 bits per heavy atom. The summed E-state index contributed by atoms with van der Waals surface area (Å²) in [6, 6.07) is 13.9. The van der Waals surface area contributed by atoms with Gasteiger partial charge in [-0.2, -0.15) is 0 Å². The molecule has 1 aliphatic carbocycles. The van der Waals surface area contributed by atoms with Gasteiger partial charge in [-0.05, 0) is 42.2 Å². The number of oxime groups is 1. The number of imidazole rings is 1. The van der Waals surface area contributed by atoms with E-state index in [0.29, 0.717) is 11.6 Å². The second-order valence-corrected chi connectivity index (χ2v) is 7.93. The summed E-state index contributed by atoms with van der Waals surface area (Å²) >= 11 is 9.73. The minimum atomic E-state index is 0.278. The van der Waals surface area contributed by atoms with Crippen LogP contribution in [-0.4, -0.2) is 15.3 Å². The minimum absolute atomic E-state index is 0.278. The molecule has 1 unspecified atom stereocenters. The highest BCUT2D eigenvalue weighted by atomic mass is 79.9. The molecule has 0 N–H and O–H groups in total. The summed E-state index contributed by atoms with van der Waals surface area (Å²) in [5.41, 5.74) is 4.45. The van der Waals surface area contributed by atoms with Crippen LogP contribution in [0.5, 0.6) is 0 Å². The van der Waals surface area contributed by atoms with Crippen molar-refractivity contribution in [2.45, 2.75) is 26.0 Å². The van der Waals surface area contributed by atoms with E-state index in [-0.39, 0.29) is 5.92 Å². The quantitative estimate of drug-likeness (QED) is 0.489. The van der Waals surface area contributed by atoms with E-state index in [1.165, 1.54) is 5.56 Å². The van der Waals surface area contributed by atoms with E-state index in [4.69, 9.17) is 16.4 Å². The Hall–Kier alpha value is -2.11. The Labute approximate surface area is 172 Å². The monoisotopic (exact) mass is 443 g/mol. The first-order valence-corrected chi connectivity index (χ1v) is 10.1. The average Bonchev–Trinajstić information content (AvgIpc) is 3.17. The Morgan fingerprint density at radius 1 is 1.26 bits per heavy atom. The van der Waals surface area contributed by atoms with Crippen molar-refractivity contribution in [1.29, 1.82) is 0 Å². The lowest BCUT2D eigenvalue weighted by Gasteiger charge is -2.27. The number of benzene rings is 2.